The first-order valence-corrected chi connectivity index (χ1v) is 7.26. The van der Waals surface area contributed by atoms with Crippen molar-refractivity contribution in [2.75, 3.05) is 5.75 Å². The summed E-state index contributed by atoms with van der Waals surface area (Å²) in [5.74, 6) is 2.33. The Hall–Kier alpha value is -0.0500. The lowest BCUT2D eigenvalue weighted by Crippen LogP contribution is -2.34. The average Bonchev–Trinajstić information content (AvgIpc) is 1.94. The summed E-state index contributed by atoms with van der Waals surface area (Å²) in [6.07, 6.45) is 2.23. The number of hydrogen-bond donors (Lipinski definition) is 0. The van der Waals surface area contributed by atoms with Crippen molar-refractivity contribution in [2.24, 2.45) is 17.8 Å². The summed E-state index contributed by atoms with van der Waals surface area (Å²) in [5, 5.41) is -0.208. The molecular formula is C11H22O2S. The van der Waals surface area contributed by atoms with Crippen LogP contribution in [0.25, 0.3) is 0 Å². The van der Waals surface area contributed by atoms with Crippen LogP contribution in [0.1, 0.15) is 40.5 Å². The Morgan fingerprint density at radius 2 is 1.64 bits per heavy atom. The standard InChI is InChI=1S/C11H22O2S/c1-8(2)11-5-10(6-11)7-14(12,13)9(3)4/h8-11H,5-7H2,1-4H3. The van der Waals surface area contributed by atoms with E-state index in [1.807, 2.05) is 0 Å². The molecule has 0 aromatic heterocycles. The zero-order valence-electron chi connectivity index (χ0n) is 9.66. The Morgan fingerprint density at radius 3 is 2.00 bits per heavy atom. The van der Waals surface area contributed by atoms with Crippen LogP contribution in [0.5, 0.6) is 0 Å². The van der Waals surface area contributed by atoms with Gasteiger partial charge in [-0.15, -0.1) is 0 Å². The minimum Gasteiger partial charge on any atom is -0.229 e. The van der Waals surface area contributed by atoms with Crippen molar-refractivity contribution in [1.29, 1.82) is 0 Å². The second kappa shape index (κ2) is 4.21. The Kier molecular flexibility index (Phi) is 3.62. The molecule has 0 atom stereocenters. The van der Waals surface area contributed by atoms with Crippen molar-refractivity contribution in [2.45, 2.75) is 45.8 Å². The van der Waals surface area contributed by atoms with Crippen LogP contribution in [0, 0.1) is 17.8 Å². The van der Waals surface area contributed by atoms with E-state index >= 15 is 0 Å². The maximum Gasteiger partial charge on any atom is 0.152 e. The maximum atomic E-state index is 11.6. The van der Waals surface area contributed by atoms with E-state index in [9.17, 15) is 8.42 Å². The predicted octanol–water partition coefficient (Wildman–Crippen LogP) is 2.49. The van der Waals surface area contributed by atoms with Gasteiger partial charge in [-0.1, -0.05) is 13.8 Å². The molecule has 0 aromatic carbocycles. The fourth-order valence-electron chi connectivity index (χ4n) is 1.99. The molecular weight excluding hydrogens is 196 g/mol. The minimum atomic E-state index is -2.81. The summed E-state index contributed by atoms with van der Waals surface area (Å²) in [6, 6.07) is 0. The van der Waals surface area contributed by atoms with Gasteiger partial charge in [-0.3, -0.25) is 0 Å². The lowest BCUT2D eigenvalue weighted by molar-refractivity contribution is 0.158. The third-order valence-corrected chi connectivity index (χ3v) is 5.77. The lowest BCUT2D eigenvalue weighted by atomic mass is 9.70. The number of hydrogen-bond acceptors (Lipinski definition) is 2. The van der Waals surface area contributed by atoms with Gasteiger partial charge < -0.3 is 0 Å². The van der Waals surface area contributed by atoms with E-state index < -0.39 is 9.84 Å². The summed E-state index contributed by atoms with van der Waals surface area (Å²) in [4.78, 5) is 0. The molecule has 84 valence electrons. The van der Waals surface area contributed by atoms with Crippen LogP contribution in [-0.2, 0) is 9.84 Å². The molecule has 1 rings (SSSR count). The highest BCUT2D eigenvalue weighted by atomic mass is 32.2. The monoisotopic (exact) mass is 218 g/mol. The highest BCUT2D eigenvalue weighted by Gasteiger charge is 2.34. The smallest absolute Gasteiger partial charge is 0.152 e. The van der Waals surface area contributed by atoms with Crippen molar-refractivity contribution in [1.82, 2.24) is 0 Å². The molecule has 0 radical (unpaired) electrons. The van der Waals surface area contributed by atoms with E-state index in [0.717, 1.165) is 18.8 Å². The number of rotatable bonds is 4. The van der Waals surface area contributed by atoms with Gasteiger partial charge in [0, 0.05) is 0 Å². The third-order valence-electron chi connectivity index (χ3n) is 3.40. The van der Waals surface area contributed by atoms with Gasteiger partial charge in [0.2, 0.25) is 0 Å². The van der Waals surface area contributed by atoms with Crippen molar-refractivity contribution in [3.05, 3.63) is 0 Å². The van der Waals surface area contributed by atoms with E-state index in [-0.39, 0.29) is 5.25 Å². The molecule has 1 aliphatic rings. The molecule has 3 heteroatoms. The fourth-order valence-corrected chi connectivity index (χ4v) is 3.30. The van der Waals surface area contributed by atoms with Crippen LogP contribution < -0.4 is 0 Å². The van der Waals surface area contributed by atoms with Gasteiger partial charge in [-0.25, -0.2) is 8.42 Å². The summed E-state index contributed by atoms with van der Waals surface area (Å²) in [5.41, 5.74) is 0. The molecule has 0 N–H and O–H groups in total. The molecule has 1 saturated carbocycles. The van der Waals surface area contributed by atoms with E-state index in [4.69, 9.17) is 0 Å². The van der Waals surface area contributed by atoms with Crippen LogP contribution in [-0.4, -0.2) is 19.4 Å². The van der Waals surface area contributed by atoms with Gasteiger partial charge >= 0.3 is 0 Å². The molecule has 0 bridgehead atoms. The molecule has 1 aliphatic carbocycles. The van der Waals surface area contributed by atoms with Crippen molar-refractivity contribution in [3.63, 3.8) is 0 Å². The summed E-state index contributed by atoms with van der Waals surface area (Å²) >= 11 is 0. The maximum absolute atomic E-state index is 11.6. The normalized spacial score (nSPS) is 28.1. The highest BCUT2D eigenvalue weighted by molar-refractivity contribution is 7.91. The van der Waals surface area contributed by atoms with Crippen LogP contribution in [0.3, 0.4) is 0 Å². The Labute approximate surface area is 88.0 Å². The molecule has 0 unspecified atom stereocenters. The van der Waals surface area contributed by atoms with Gasteiger partial charge in [0.05, 0.1) is 11.0 Å². The van der Waals surface area contributed by atoms with Gasteiger partial charge in [0.25, 0.3) is 0 Å². The summed E-state index contributed by atoms with van der Waals surface area (Å²) in [7, 11) is -2.81. The van der Waals surface area contributed by atoms with Gasteiger partial charge in [-0.2, -0.15) is 0 Å². The minimum absolute atomic E-state index is 0.208. The molecule has 0 amide bonds. The quantitative estimate of drug-likeness (QED) is 0.726. The van der Waals surface area contributed by atoms with Gasteiger partial charge in [0.1, 0.15) is 0 Å². The second-order valence-electron chi connectivity index (χ2n) is 5.22. The van der Waals surface area contributed by atoms with E-state index in [1.165, 1.54) is 0 Å². The Bertz CT molecular complexity index is 272. The molecule has 0 spiro atoms. The molecule has 2 nitrogen and oxygen atoms in total. The van der Waals surface area contributed by atoms with E-state index in [1.54, 1.807) is 13.8 Å². The van der Waals surface area contributed by atoms with Crippen LogP contribution >= 0.6 is 0 Å². The van der Waals surface area contributed by atoms with E-state index in [2.05, 4.69) is 13.8 Å². The zero-order chi connectivity index (χ0) is 10.9. The summed E-state index contributed by atoms with van der Waals surface area (Å²) < 4.78 is 23.2. The number of sulfone groups is 1. The first-order chi connectivity index (χ1) is 6.33. The van der Waals surface area contributed by atoms with Crippen LogP contribution in [0.15, 0.2) is 0 Å². The molecule has 14 heavy (non-hydrogen) atoms. The third kappa shape index (κ3) is 2.72. The van der Waals surface area contributed by atoms with Crippen LogP contribution in [0.4, 0.5) is 0 Å². The van der Waals surface area contributed by atoms with Gasteiger partial charge in [0.15, 0.2) is 9.84 Å². The molecule has 0 aromatic rings. The Balaban J connectivity index is 2.37. The van der Waals surface area contributed by atoms with Crippen molar-refractivity contribution in [3.8, 4) is 0 Å². The lowest BCUT2D eigenvalue weighted by Gasteiger charge is -2.38. The topological polar surface area (TPSA) is 34.1 Å². The molecule has 1 fully saturated rings. The molecule has 0 saturated heterocycles. The largest absolute Gasteiger partial charge is 0.229 e. The predicted molar refractivity (Wildman–Crippen MR) is 60.0 cm³/mol. The average molecular weight is 218 g/mol. The van der Waals surface area contributed by atoms with Crippen LogP contribution in [0.2, 0.25) is 0 Å². The van der Waals surface area contributed by atoms with E-state index in [0.29, 0.717) is 17.6 Å². The summed E-state index contributed by atoms with van der Waals surface area (Å²) in [6.45, 7) is 7.98. The fraction of sp³-hybridized carbons (Fsp3) is 1.00. The van der Waals surface area contributed by atoms with Gasteiger partial charge in [-0.05, 0) is 44.4 Å². The SMILES string of the molecule is CC(C)C1CC(CS(=O)(=O)C(C)C)C1. The first kappa shape index (κ1) is 12.0. The molecule has 0 heterocycles. The van der Waals surface area contributed by atoms with Crippen molar-refractivity contribution < 1.29 is 8.42 Å². The second-order valence-corrected chi connectivity index (χ2v) is 7.82. The first-order valence-electron chi connectivity index (χ1n) is 5.54. The molecule has 0 aliphatic heterocycles. The Morgan fingerprint density at radius 1 is 1.14 bits per heavy atom. The van der Waals surface area contributed by atoms with Crippen molar-refractivity contribution >= 4 is 9.84 Å². The zero-order valence-corrected chi connectivity index (χ0v) is 10.5. The highest BCUT2D eigenvalue weighted by Crippen LogP contribution is 2.39.